The first-order valence-electron chi connectivity index (χ1n) is 23.0. The molecule has 71 heavy (non-hydrogen) atoms. The number of hydrogen-bond acceptors (Lipinski definition) is 31. The maximum atomic E-state index is 12.0. The second-order valence-electron chi connectivity index (χ2n) is 18.1. The zero-order valence-corrected chi connectivity index (χ0v) is 39.0. The van der Waals surface area contributed by atoms with Crippen molar-refractivity contribution in [2.75, 3.05) is 52.0 Å². The largest absolute Gasteiger partial charge is 0.394 e. The fourth-order valence-electron chi connectivity index (χ4n) is 8.94. The first-order chi connectivity index (χ1) is 33.8. The molecule has 12 unspecified atom stereocenters. The first-order valence-corrected chi connectivity index (χ1v) is 23.7. The molecule has 0 spiro atoms. The lowest BCUT2D eigenvalue weighted by Gasteiger charge is -2.50. The summed E-state index contributed by atoms with van der Waals surface area (Å²) in [4.78, 5) is 0. The van der Waals surface area contributed by atoms with Crippen molar-refractivity contribution in [1.29, 1.82) is 0 Å². The Hall–Kier alpha value is -0.850. The minimum atomic E-state index is -2.11. The van der Waals surface area contributed by atoms with Gasteiger partial charge in [0.1, 0.15) is 134 Å². The monoisotopic (exact) mass is 1060 g/mol. The van der Waals surface area contributed by atoms with Gasteiger partial charge in [-0.05, 0) is 12.2 Å². The molecule has 6 heterocycles. The molecule has 0 aromatic rings. The summed E-state index contributed by atoms with van der Waals surface area (Å²) in [6.07, 6.45) is -53.3. The molecular weight excluding hydrogens is 992 g/mol. The molecule has 0 bridgehead atoms. The number of aliphatic hydroxyl groups is 18. The number of ether oxygens (including phenoxy) is 12. The van der Waals surface area contributed by atoms with Crippen molar-refractivity contribution in [2.45, 2.75) is 191 Å². The quantitative estimate of drug-likeness (QED) is 0.0398. The van der Waals surface area contributed by atoms with Gasteiger partial charge in [-0.1, -0.05) is 6.92 Å². The minimum absolute atomic E-state index is 0.140. The minimum Gasteiger partial charge on any atom is -0.394 e. The van der Waals surface area contributed by atoms with Crippen LogP contribution in [0.1, 0.15) is 13.3 Å². The molecule has 18 N–H and O–H groups in total. The third-order valence-electron chi connectivity index (χ3n) is 13.3. The molecule has 0 aromatic carbocycles. The molecule has 31 heteroatoms. The van der Waals surface area contributed by atoms with E-state index in [-0.39, 0.29) is 18.8 Å². The van der Waals surface area contributed by atoms with Crippen LogP contribution in [0.3, 0.4) is 0 Å². The second-order valence-corrected chi connectivity index (χ2v) is 18.5. The van der Waals surface area contributed by atoms with E-state index in [9.17, 15) is 91.9 Å². The summed E-state index contributed by atoms with van der Waals surface area (Å²) in [5, 5.41) is 192. The third kappa shape index (κ3) is 13.0. The number of aliphatic hydroxyl groups excluding tert-OH is 18. The molecule has 0 amide bonds. The van der Waals surface area contributed by atoms with Gasteiger partial charge in [-0.2, -0.15) is 12.6 Å². The highest BCUT2D eigenvalue weighted by Gasteiger charge is 2.58. The molecule has 0 radical (unpaired) electrons. The maximum Gasteiger partial charge on any atom is 0.187 e. The van der Waals surface area contributed by atoms with Crippen LogP contribution in [-0.2, 0) is 56.8 Å². The van der Waals surface area contributed by atoms with E-state index in [1.807, 2.05) is 0 Å². The lowest BCUT2D eigenvalue weighted by Crippen LogP contribution is -2.68. The number of rotatable bonds is 20. The van der Waals surface area contributed by atoms with Crippen LogP contribution in [-0.4, -0.2) is 322 Å². The molecule has 30 nitrogen and oxygen atoms in total. The average Bonchev–Trinajstić information content (AvgIpc) is 3.36. The van der Waals surface area contributed by atoms with E-state index in [0.29, 0.717) is 0 Å². The summed E-state index contributed by atoms with van der Waals surface area (Å²) in [6.45, 7) is -4.17. The van der Waals surface area contributed by atoms with Gasteiger partial charge in [0.2, 0.25) is 0 Å². The Morgan fingerprint density at radius 3 is 1.18 bits per heavy atom. The SMILES string of the molecule is CC1[C@@H](OC2[C@H](O[C@@H]3C(CO[C@@H]4OC(CO)[C@@H](O)[C@H](O)C4O[C@@H]4OC(CO)[C@@H](O)[C@H](O)C4O)O[C@H](OCCCS)C(O)[C@H]3O[C@@H]3OC(CO)[C@@H](O)[C@H](O)C3O)OC(CO)[C@@H](O)[C@@H]2O)OC(CO)[C@@H](O)[C@@H]1O. The van der Waals surface area contributed by atoms with Gasteiger partial charge >= 0.3 is 0 Å². The van der Waals surface area contributed by atoms with Gasteiger partial charge in [-0.15, -0.1) is 0 Å². The second kappa shape index (κ2) is 26.5. The molecule has 0 aromatic heterocycles. The van der Waals surface area contributed by atoms with Gasteiger partial charge in [-0.25, -0.2) is 0 Å². The molecule has 6 saturated heterocycles. The highest BCUT2D eigenvalue weighted by molar-refractivity contribution is 7.80. The summed E-state index contributed by atoms with van der Waals surface area (Å²) in [5.41, 5.74) is 0. The Bertz CT molecular complexity index is 1580. The van der Waals surface area contributed by atoms with E-state index in [1.165, 1.54) is 6.92 Å². The van der Waals surface area contributed by atoms with E-state index in [0.717, 1.165) is 0 Å². The molecule has 6 aliphatic heterocycles. The molecule has 0 saturated carbocycles. The van der Waals surface area contributed by atoms with Crippen LogP contribution in [0.25, 0.3) is 0 Å². The van der Waals surface area contributed by atoms with E-state index in [1.54, 1.807) is 0 Å². The lowest BCUT2D eigenvalue weighted by atomic mass is 9.92. The normalized spacial score (nSPS) is 51.0. The summed E-state index contributed by atoms with van der Waals surface area (Å²) in [5.74, 6) is -0.836. The summed E-state index contributed by atoms with van der Waals surface area (Å²) >= 11 is 4.18. The third-order valence-corrected chi connectivity index (χ3v) is 13.6. The van der Waals surface area contributed by atoms with Gasteiger partial charge < -0.3 is 149 Å². The van der Waals surface area contributed by atoms with Gasteiger partial charge in [0.05, 0.1) is 52.4 Å². The van der Waals surface area contributed by atoms with Crippen LogP contribution < -0.4 is 0 Å². The summed E-state index contributed by atoms with van der Waals surface area (Å²) in [7, 11) is 0. The molecule has 6 aliphatic rings. The molecule has 0 aliphatic carbocycles. The van der Waals surface area contributed by atoms with E-state index < -0.39 is 224 Å². The topological polar surface area (TPSA) is 475 Å². The van der Waals surface area contributed by atoms with Gasteiger partial charge in [0.15, 0.2) is 37.7 Å². The smallest absolute Gasteiger partial charge is 0.187 e. The van der Waals surface area contributed by atoms with Crippen molar-refractivity contribution in [3.05, 3.63) is 0 Å². The fraction of sp³-hybridized carbons (Fsp3) is 1.00. The lowest BCUT2D eigenvalue weighted by molar-refractivity contribution is -0.404. The molecule has 416 valence electrons. The Labute approximate surface area is 410 Å². The fourth-order valence-corrected chi connectivity index (χ4v) is 9.07. The van der Waals surface area contributed by atoms with Crippen LogP contribution >= 0.6 is 12.6 Å². The van der Waals surface area contributed by atoms with E-state index in [4.69, 9.17) is 56.8 Å². The predicted molar refractivity (Wildman–Crippen MR) is 225 cm³/mol. The standard InChI is InChI=1S/C40H70O30S/c1-11-18(46)19(47)12(5-41)61-35(11)69-34-27(55)23(51)16(9-45)65-40(34)67-31-17(66-36(59-3-2-4-71)30(58)32(31)68-37-28(56)24(52)20(48)13(6-42)62-37)10-60-39-33(26(54)22(50)15(8-44)64-39)70-38-29(57)25(53)21(49)14(7-43)63-38/h11-58,71H,2-10H2,1H3/t11?,12?,13?,14?,15?,16?,17?,18-,19-,20-,21-,22-,23-,24+,25+,26+,27+,28?,29?,30?,31-,32-,33?,34?,35-,36+,37+,38+,39-,40+/m1/s1. The van der Waals surface area contributed by atoms with Crippen molar-refractivity contribution in [3.8, 4) is 0 Å². The Balaban J connectivity index is 1.39. The van der Waals surface area contributed by atoms with Crippen LogP contribution in [0.2, 0.25) is 0 Å². The van der Waals surface area contributed by atoms with Crippen molar-refractivity contribution in [1.82, 2.24) is 0 Å². The van der Waals surface area contributed by atoms with Crippen molar-refractivity contribution < 1.29 is 149 Å². The number of thiol groups is 1. The van der Waals surface area contributed by atoms with Crippen LogP contribution in [0, 0.1) is 5.92 Å². The summed E-state index contributed by atoms with van der Waals surface area (Å²) in [6, 6.07) is 0. The maximum absolute atomic E-state index is 12.0. The highest BCUT2D eigenvalue weighted by atomic mass is 32.1. The molecular formula is C40H70O30S. The Morgan fingerprint density at radius 1 is 0.338 bits per heavy atom. The van der Waals surface area contributed by atoms with Crippen LogP contribution in [0.4, 0.5) is 0 Å². The summed E-state index contributed by atoms with van der Waals surface area (Å²) < 4.78 is 70.9. The Kier molecular flexibility index (Phi) is 22.1. The van der Waals surface area contributed by atoms with Crippen molar-refractivity contribution >= 4 is 12.6 Å². The molecule has 6 rings (SSSR count). The van der Waals surface area contributed by atoms with Crippen molar-refractivity contribution in [3.63, 3.8) is 0 Å². The van der Waals surface area contributed by atoms with E-state index in [2.05, 4.69) is 12.6 Å². The van der Waals surface area contributed by atoms with Crippen LogP contribution in [0.5, 0.6) is 0 Å². The zero-order valence-electron chi connectivity index (χ0n) is 38.1. The van der Waals surface area contributed by atoms with Crippen LogP contribution in [0.15, 0.2) is 0 Å². The molecule has 6 fully saturated rings. The highest BCUT2D eigenvalue weighted by Crippen LogP contribution is 2.38. The average molecular weight is 1060 g/mol. The number of hydrogen-bond donors (Lipinski definition) is 19. The van der Waals surface area contributed by atoms with Gasteiger partial charge in [0.25, 0.3) is 0 Å². The first kappa shape index (κ1) is 59.4. The van der Waals surface area contributed by atoms with Gasteiger partial charge in [0, 0.05) is 5.92 Å². The van der Waals surface area contributed by atoms with E-state index >= 15 is 0 Å². The van der Waals surface area contributed by atoms with Gasteiger partial charge in [-0.3, -0.25) is 0 Å². The Morgan fingerprint density at radius 2 is 0.704 bits per heavy atom. The zero-order chi connectivity index (χ0) is 52.2. The van der Waals surface area contributed by atoms with Crippen molar-refractivity contribution in [2.24, 2.45) is 5.92 Å². The molecule has 30 atom stereocenters. The predicted octanol–water partition coefficient (Wildman–Crippen LogP) is -11.5.